The van der Waals surface area contributed by atoms with Crippen LogP contribution in [0.15, 0.2) is 9.59 Å². The van der Waals surface area contributed by atoms with E-state index in [1.165, 1.54) is 0 Å². The molecule has 0 aliphatic carbocycles. The first-order valence-corrected chi connectivity index (χ1v) is 3.94. The number of aromatic nitrogens is 2. The molecule has 7 heteroatoms. The molecule has 14 heavy (non-hydrogen) atoms. The predicted octanol–water partition coefficient (Wildman–Crippen LogP) is 0.0948. The minimum absolute atomic E-state index is 0.0451. The van der Waals surface area contributed by atoms with Crippen LogP contribution in [-0.2, 0) is 0 Å². The molecule has 7 nitrogen and oxygen atoms in total. The first kappa shape index (κ1) is 10.2. The largest absolute Gasteiger partial charge is 0.353 e. The lowest BCUT2D eigenvalue weighted by Crippen LogP contribution is -2.27. The molecule has 2 N–H and O–H groups in total. The molecule has 0 fully saturated rings. The average Bonchev–Trinajstić information content (AvgIpc) is 2.01. The van der Waals surface area contributed by atoms with Gasteiger partial charge in [0.15, 0.2) is 0 Å². The molecule has 1 aromatic heterocycles. The number of H-pyrrole nitrogens is 2. The Balaban J connectivity index is 3.61. The second-order valence-electron chi connectivity index (χ2n) is 3.08. The van der Waals surface area contributed by atoms with Gasteiger partial charge in [-0.1, -0.05) is 13.8 Å². The summed E-state index contributed by atoms with van der Waals surface area (Å²) >= 11 is 0. The maximum absolute atomic E-state index is 11.1. The van der Waals surface area contributed by atoms with Gasteiger partial charge in [0.1, 0.15) is 5.69 Å². The molecule has 0 atom stereocenters. The lowest BCUT2D eigenvalue weighted by atomic mass is 10.1. The first-order chi connectivity index (χ1) is 6.43. The fourth-order valence-corrected chi connectivity index (χ4v) is 1.10. The lowest BCUT2D eigenvalue weighted by Gasteiger charge is -2.03. The van der Waals surface area contributed by atoms with E-state index < -0.39 is 21.9 Å². The van der Waals surface area contributed by atoms with Crippen molar-refractivity contribution < 1.29 is 4.92 Å². The number of aromatic amines is 2. The third kappa shape index (κ3) is 1.70. The van der Waals surface area contributed by atoms with Crippen molar-refractivity contribution in [2.45, 2.75) is 19.8 Å². The molecule has 0 radical (unpaired) electrons. The topological polar surface area (TPSA) is 109 Å². The van der Waals surface area contributed by atoms with Gasteiger partial charge >= 0.3 is 16.9 Å². The normalized spacial score (nSPS) is 10.5. The molecule has 0 saturated carbocycles. The fourth-order valence-electron chi connectivity index (χ4n) is 1.10. The van der Waals surface area contributed by atoms with E-state index in [0.717, 1.165) is 0 Å². The van der Waals surface area contributed by atoms with Gasteiger partial charge in [0, 0.05) is 5.92 Å². The number of nitrogens with one attached hydrogen (secondary N) is 2. The van der Waals surface area contributed by atoms with Gasteiger partial charge < -0.3 is 4.98 Å². The van der Waals surface area contributed by atoms with Gasteiger partial charge in [-0.05, 0) is 0 Å². The highest BCUT2D eigenvalue weighted by atomic mass is 16.6. The van der Waals surface area contributed by atoms with Crippen LogP contribution in [0.3, 0.4) is 0 Å². The van der Waals surface area contributed by atoms with Crippen LogP contribution in [0.1, 0.15) is 25.5 Å². The van der Waals surface area contributed by atoms with Gasteiger partial charge in [0.05, 0.1) is 4.92 Å². The molecular weight excluding hydrogens is 190 g/mol. The van der Waals surface area contributed by atoms with Crippen LogP contribution in [0.25, 0.3) is 0 Å². The van der Waals surface area contributed by atoms with Gasteiger partial charge in [-0.2, -0.15) is 0 Å². The second-order valence-corrected chi connectivity index (χ2v) is 3.08. The van der Waals surface area contributed by atoms with Crippen LogP contribution in [0.4, 0.5) is 5.69 Å². The molecular formula is C7H9N3O4. The molecule has 1 rings (SSSR count). The molecule has 0 bridgehead atoms. The van der Waals surface area contributed by atoms with Gasteiger partial charge in [-0.25, -0.2) is 4.79 Å². The van der Waals surface area contributed by atoms with E-state index in [-0.39, 0.29) is 11.6 Å². The zero-order valence-corrected chi connectivity index (χ0v) is 7.66. The molecule has 1 heterocycles. The monoisotopic (exact) mass is 199 g/mol. The van der Waals surface area contributed by atoms with Crippen molar-refractivity contribution in [3.63, 3.8) is 0 Å². The van der Waals surface area contributed by atoms with Gasteiger partial charge in [0.2, 0.25) is 0 Å². The van der Waals surface area contributed by atoms with Crippen molar-refractivity contribution in [3.05, 3.63) is 36.6 Å². The van der Waals surface area contributed by atoms with E-state index in [0.29, 0.717) is 0 Å². The van der Waals surface area contributed by atoms with Crippen molar-refractivity contribution >= 4 is 5.69 Å². The molecule has 76 valence electrons. The molecule has 0 aliphatic heterocycles. The molecule has 0 saturated heterocycles. The minimum atomic E-state index is -0.970. The Hall–Kier alpha value is -1.92. The molecule has 0 aliphatic rings. The molecule has 0 amide bonds. The summed E-state index contributed by atoms with van der Waals surface area (Å²) in [6, 6.07) is 0. The standard InChI is InChI=1S/C7H9N3O4/c1-3(2)4-5(10(13)14)6(11)9-7(12)8-4/h3H,1-2H3,(H2,8,9,11,12). The van der Waals surface area contributed by atoms with Crippen molar-refractivity contribution in [1.29, 1.82) is 0 Å². The van der Waals surface area contributed by atoms with Crippen LogP contribution in [0, 0.1) is 10.1 Å². The quantitative estimate of drug-likeness (QED) is 0.519. The maximum atomic E-state index is 11.1. The van der Waals surface area contributed by atoms with Gasteiger partial charge in [-0.15, -0.1) is 0 Å². The zero-order chi connectivity index (χ0) is 10.9. The molecule has 0 aromatic carbocycles. The van der Waals surface area contributed by atoms with E-state index in [2.05, 4.69) is 4.98 Å². The van der Waals surface area contributed by atoms with Crippen molar-refractivity contribution in [2.24, 2.45) is 0 Å². The van der Waals surface area contributed by atoms with Crippen LogP contribution in [0.5, 0.6) is 0 Å². The smallest absolute Gasteiger partial charge is 0.305 e. The summed E-state index contributed by atoms with van der Waals surface area (Å²) in [7, 11) is 0. The highest BCUT2D eigenvalue weighted by molar-refractivity contribution is 5.33. The van der Waals surface area contributed by atoms with E-state index in [9.17, 15) is 19.7 Å². The fraction of sp³-hybridized carbons (Fsp3) is 0.429. The Morgan fingerprint density at radius 3 is 2.29 bits per heavy atom. The Labute approximate surface area is 77.9 Å². The average molecular weight is 199 g/mol. The number of nitro groups is 1. The number of rotatable bonds is 2. The van der Waals surface area contributed by atoms with Crippen LogP contribution < -0.4 is 11.2 Å². The molecule has 1 aromatic rings. The predicted molar refractivity (Wildman–Crippen MR) is 48.4 cm³/mol. The van der Waals surface area contributed by atoms with Gasteiger partial charge in [0.25, 0.3) is 0 Å². The van der Waals surface area contributed by atoms with E-state index in [1.54, 1.807) is 13.8 Å². The van der Waals surface area contributed by atoms with Crippen LogP contribution in [0.2, 0.25) is 0 Å². The Kier molecular flexibility index (Phi) is 2.50. The molecule has 0 spiro atoms. The zero-order valence-electron chi connectivity index (χ0n) is 7.66. The summed E-state index contributed by atoms with van der Waals surface area (Å²) in [5, 5.41) is 10.5. The van der Waals surface area contributed by atoms with E-state index in [4.69, 9.17) is 0 Å². The summed E-state index contributed by atoms with van der Waals surface area (Å²) in [4.78, 5) is 35.7. The van der Waals surface area contributed by atoms with Crippen molar-refractivity contribution in [3.8, 4) is 0 Å². The van der Waals surface area contributed by atoms with Crippen LogP contribution in [-0.4, -0.2) is 14.9 Å². The lowest BCUT2D eigenvalue weighted by molar-refractivity contribution is -0.387. The highest BCUT2D eigenvalue weighted by Crippen LogP contribution is 2.17. The van der Waals surface area contributed by atoms with E-state index >= 15 is 0 Å². The summed E-state index contributed by atoms with van der Waals surface area (Å²) in [5.41, 5.74) is -2.25. The number of hydrogen-bond donors (Lipinski definition) is 2. The third-order valence-electron chi connectivity index (χ3n) is 1.71. The summed E-state index contributed by atoms with van der Waals surface area (Å²) < 4.78 is 0. The molecule has 0 unspecified atom stereocenters. The van der Waals surface area contributed by atoms with Crippen LogP contribution >= 0.6 is 0 Å². The van der Waals surface area contributed by atoms with E-state index in [1.807, 2.05) is 4.98 Å². The SMILES string of the molecule is CC(C)c1[nH]c(=O)[nH]c(=O)c1[N+](=O)[O-]. The summed E-state index contributed by atoms with van der Waals surface area (Å²) in [6.07, 6.45) is 0. The Morgan fingerprint density at radius 1 is 1.29 bits per heavy atom. The third-order valence-corrected chi connectivity index (χ3v) is 1.71. The Bertz CT molecular complexity index is 471. The Morgan fingerprint density at radius 2 is 1.86 bits per heavy atom. The highest BCUT2D eigenvalue weighted by Gasteiger charge is 2.22. The minimum Gasteiger partial charge on any atom is -0.305 e. The number of hydrogen-bond acceptors (Lipinski definition) is 4. The second kappa shape index (κ2) is 3.44. The maximum Gasteiger partial charge on any atom is 0.353 e. The summed E-state index contributed by atoms with van der Waals surface area (Å²) in [6.45, 7) is 3.30. The first-order valence-electron chi connectivity index (χ1n) is 3.94. The number of nitrogens with zero attached hydrogens (tertiary/aromatic N) is 1. The van der Waals surface area contributed by atoms with Crippen molar-refractivity contribution in [2.75, 3.05) is 0 Å². The summed E-state index contributed by atoms with van der Waals surface area (Å²) in [5.74, 6) is -0.287. The van der Waals surface area contributed by atoms with Gasteiger partial charge in [-0.3, -0.25) is 19.9 Å². The van der Waals surface area contributed by atoms with Crippen molar-refractivity contribution in [1.82, 2.24) is 9.97 Å².